The van der Waals surface area contributed by atoms with Crippen LogP contribution in [-0.4, -0.2) is 13.0 Å². The Morgan fingerprint density at radius 2 is 2.00 bits per heavy atom. The van der Waals surface area contributed by atoms with Crippen molar-refractivity contribution in [2.24, 2.45) is 5.73 Å². The molecule has 0 spiro atoms. The zero-order valence-electron chi connectivity index (χ0n) is 11.3. The number of anilines is 1. The van der Waals surface area contributed by atoms with Crippen LogP contribution in [0.2, 0.25) is 10.0 Å². The second kappa shape index (κ2) is 6.27. The summed E-state index contributed by atoms with van der Waals surface area (Å²) in [5.74, 6) is 0. The van der Waals surface area contributed by atoms with Gasteiger partial charge in [-0.05, 0) is 31.2 Å². The highest BCUT2D eigenvalue weighted by atomic mass is 35.5. The van der Waals surface area contributed by atoms with Gasteiger partial charge in [0.1, 0.15) is 4.90 Å². The molecule has 0 atom stereocenters. The summed E-state index contributed by atoms with van der Waals surface area (Å²) in [6.07, 6.45) is 1.54. The Kier molecular flexibility index (Phi) is 4.83. The first-order valence-electron chi connectivity index (χ1n) is 6.24. The molecule has 0 saturated heterocycles. The average molecular weight is 348 g/mol. The predicted octanol–water partition coefficient (Wildman–Crippen LogP) is 3.07. The standard InChI is InChI=1S/C13H15Cl2N3O2S/c1-2-18-8-11(6-10(18)7-16)21(19,20)17-13-5-9(14)3-4-12(13)15/h3-6,8,17H,2,7,16H2,1H3. The van der Waals surface area contributed by atoms with Crippen molar-refractivity contribution in [3.05, 3.63) is 46.2 Å². The minimum Gasteiger partial charge on any atom is -0.349 e. The van der Waals surface area contributed by atoms with Crippen LogP contribution in [0.25, 0.3) is 0 Å². The van der Waals surface area contributed by atoms with Gasteiger partial charge in [-0.25, -0.2) is 8.42 Å². The highest BCUT2D eigenvalue weighted by Crippen LogP contribution is 2.28. The quantitative estimate of drug-likeness (QED) is 0.872. The molecule has 2 aromatic rings. The Labute approximate surface area is 133 Å². The maximum absolute atomic E-state index is 12.4. The second-order valence-electron chi connectivity index (χ2n) is 4.39. The van der Waals surface area contributed by atoms with Crippen LogP contribution in [0.1, 0.15) is 12.6 Å². The second-order valence-corrected chi connectivity index (χ2v) is 6.91. The Morgan fingerprint density at radius 1 is 1.29 bits per heavy atom. The van der Waals surface area contributed by atoms with Gasteiger partial charge >= 0.3 is 0 Å². The molecule has 114 valence electrons. The fourth-order valence-electron chi connectivity index (χ4n) is 1.92. The largest absolute Gasteiger partial charge is 0.349 e. The van der Waals surface area contributed by atoms with Crippen LogP contribution < -0.4 is 10.5 Å². The highest BCUT2D eigenvalue weighted by molar-refractivity contribution is 7.92. The summed E-state index contributed by atoms with van der Waals surface area (Å²) < 4.78 is 29.0. The van der Waals surface area contributed by atoms with Crippen LogP contribution >= 0.6 is 23.2 Å². The molecule has 21 heavy (non-hydrogen) atoms. The average Bonchev–Trinajstić information content (AvgIpc) is 2.86. The minimum absolute atomic E-state index is 0.140. The van der Waals surface area contributed by atoms with Crippen LogP contribution in [0.4, 0.5) is 5.69 Å². The molecule has 0 bridgehead atoms. The first-order chi connectivity index (χ1) is 9.87. The lowest BCUT2D eigenvalue weighted by molar-refractivity contribution is 0.600. The van der Waals surface area contributed by atoms with E-state index in [-0.39, 0.29) is 22.2 Å². The minimum atomic E-state index is -3.74. The molecular weight excluding hydrogens is 333 g/mol. The molecule has 0 radical (unpaired) electrons. The summed E-state index contributed by atoms with van der Waals surface area (Å²) in [6.45, 7) is 2.82. The van der Waals surface area contributed by atoms with Gasteiger partial charge in [0, 0.05) is 30.0 Å². The zero-order chi connectivity index (χ0) is 15.6. The van der Waals surface area contributed by atoms with Gasteiger partial charge in [0.15, 0.2) is 0 Å². The fraction of sp³-hybridized carbons (Fsp3) is 0.231. The number of aromatic nitrogens is 1. The molecule has 0 saturated carbocycles. The number of nitrogens with zero attached hydrogens (tertiary/aromatic N) is 1. The summed E-state index contributed by atoms with van der Waals surface area (Å²) in [7, 11) is -3.74. The molecule has 0 aliphatic carbocycles. The number of hydrogen-bond acceptors (Lipinski definition) is 3. The molecule has 1 aromatic heterocycles. The van der Waals surface area contributed by atoms with Gasteiger partial charge in [0.05, 0.1) is 10.7 Å². The molecule has 2 rings (SSSR count). The van der Waals surface area contributed by atoms with Gasteiger partial charge in [0.2, 0.25) is 0 Å². The number of hydrogen-bond donors (Lipinski definition) is 2. The van der Waals surface area contributed by atoms with E-state index >= 15 is 0 Å². The van der Waals surface area contributed by atoms with Gasteiger partial charge in [-0.2, -0.15) is 0 Å². The zero-order valence-corrected chi connectivity index (χ0v) is 13.6. The summed E-state index contributed by atoms with van der Waals surface area (Å²) in [5.41, 5.74) is 6.59. The molecule has 0 unspecified atom stereocenters. The van der Waals surface area contributed by atoms with E-state index in [1.165, 1.54) is 12.1 Å². The molecule has 5 nitrogen and oxygen atoms in total. The lowest BCUT2D eigenvalue weighted by Crippen LogP contribution is -2.12. The predicted molar refractivity (Wildman–Crippen MR) is 85.3 cm³/mol. The van der Waals surface area contributed by atoms with Crippen molar-refractivity contribution in [1.82, 2.24) is 4.57 Å². The molecule has 0 aliphatic rings. The maximum Gasteiger partial charge on any atom is 0.263 e. The Hall–Kier alpha value is -1.21. The van der Waals surface area contributed by atoms with E-state index in [9.17, 15) is 8.42 Å². The number of aryl methyl sites for hydroxylation is 1. The van der Waals surface area contributed by atoms with E-state index in [4.69, 9.17) is 28.9 Å². The van der Waals surface area contributed by atoms with Gasteiger partial charge in [-0.1, -0.05) is 23.2 Å². The smallest absolute Gasteiger partial charge is 0.263 e. The Morgan fingerprint density at radius 3 is 2.57 bits per heavy atom. The number of benzene rings is 1. The van der Waals surface area contributed by atoms with Crippen LogP contribution in [0.15, 0.2) is 35.4 Å². The van der Waals surface area contributed by atoms with Gasteiger partial charge < -0.3 is 10.3 Å². The van der Waals surface area contributed by atoms with Gasteiger partial charge in [0.25, 0.3) is 10.0 Å². The van der Waals surface area contributed by atoms with Crippen LogP contribution in [-0.2, 0) is 23.1 Å². The first kappa shape index (κ1) is 16.2. The summed E-state index contributed by atoms with van der Waals surface area (Å²) >= 11 is 11.8. The normalized spacial score (nSPS) is 11.6. The monoisotopic (exact) mass is 347 g/mol. The molecule has 0 aliphatic heterocycles. The highest BCUT2D eigenvalue weighted by Gasteiger charge is 2.19. The van der Waals surface area contributed by atoms with E-state index in [0.29, 0.717) is 11.6 Å². The van der Waals surface area contributed by atoms with Gasteiger partial charge in [-0.15, -0.1) is 0 Å². The van der Waals surface area contributed by atoms with Crippen molar-refractivity contribution in [3.8, 4) is 0 Å². The van der Waals surface area contributed by atoms with Crippen molar-refractivity contribution in [2.75, 3.05) is 4.72 Å². The summed E-state index contributed by atoms with van der Waals surface area (Å²) in [6, 6.07) is 6.12. The lowest BCUT2D eigenvalue weighted by atomic mass is 10.3. The third-order valence-electron chi connectivity index (χ3n) is 2.99. The molecule has 3 N–H and O–H groups in total. The molecule has 1 aromatic carbocycles. The third kappa shape index (κ3) is 3.52. The van der Waals surface area contributed by atoms with Crippen molar-refractivity contribution in [2.45, 2.75) is 24.9 Å². The Balaban J connectivity index is 2.38. The molecule has 1 heterocycles. The fourth-order valence-corrected chi connectivity index (χ4v) is 3.44. The van der Waals surface area contributed by atoms with Crippen molar-refractivity contribution in [3.63, 3.8) is 0 Å². The number of sulfonamides is 1. The van der Waals surface area contributed by atoms with E-state index in [1.807, 2.05) is 6.92 Å². The SMILES string of the molecule is CCn1cc(S(=O)(=O)Nc2cc(Cl)ccc2Cl)cc1CN. The number of nitrogens with two attached hydrogens (primary N) is 1. The topological polar surface area (TPSA) is 77.1 Å². The molecule has 0 amide bonds. The van der Waals surface area contributed by atoms with E-state index < -0.39 is 10.0 Å². The van der Waals surface area contributed by atoms with E-state index in [2.05, 4.69) is 4.72 Å². The Bertz CT molecular complexity index is 735. The van der Waals surface area contributed by atoms with Crippen LogP contribution in [0.3, 0.4) is 0 Å². The molecule has 0 fully saturated rings. The maximum atomic E-state index is 12.4. The third-order valence-corrected chi connectivity index (χ3v) is 4.89. The summed E-state index contributed by atoms with van der Waals surface area (Å²) in [4.78, 5) is 0.140. The summed E-state index contributed by atoms with van der Waals surface area (Å²) in [5, 5.41) is 0.669. The van der Waals surface area contributed by atoms with Gasteiger partial charge in [-0.3, -0.25) is 4.72 Å². The molecule has 8 heteroatoms. The first-order valence-corrected chi connectivity index (χ1v) is 8.48. The van der Waals surface area contributed by atoms with Crippen molar-refractivity contribution < 1.29 is 8.42 Å². The van der Waals surface area contributed by atoms with Crippen LogP contribution in [0.5, 0.6) is 0 Å². The van der Waals surface area contributed by atoms with Crippen molar-refractivity contribution >= 4 is 38.9 Å². The van der Waals surface area contributed by atoms with Crippen molar-refractivity contribution in [1.29, 1.82) is 0 Å². The number of nitrogens with one attached hydrogen (secondary N) is 1. The van der Waals surface area contributed by atoms with E-state index in [1.54, 1.807) is 22.9 Å². The van der Waals surface area contributed by atoms with E-state index in [0.717, 1.165) is 5.69 Å². The molecular formula is C13H15Cl2N3O2S. The number of rotatable bonds is 5. The lowest BCUT2D eigenvalue weighted by Gasteiger charge is -2.08. The number of halogens is 2. The van der Waals surface area contributed by atoms with Crippen LogP contribution in [0, 0.1) is 0 Å².